The zero-order valence-electron chi connectivity index (χ0n) is 10.3. The third-order valence-electron chi connectivity index (χ3n) is 3.26. The molecule has 0 saturated heterocycles. The van der Waals surface area contributed by atoms with Crippen LogP contribution in [0.3, 0.4) is 0 Å². The van der Waals surface area contributed by atoms with Crippen molar-refractivity contribution >= 4 is 11.0 Å². The minimum absolute atomic E-state index is 0.268. The van der Waals surface area contributed by atoms with E-state index in [0.717, 1.165) is 10.9 Å². The number of rotatable bonds is 1. The predicted octanol–water partition coefficient (Wildman–Crippen LogP) is 1.87. The monoisotopic (exact) mass is 246 g/mol. The molecular weight excluding hydrogens is 232 g/mol. The van der Waals surface area contributed by atoms with Gasteiger partial charge in [0.15, 0.2) is 0 Å². The maximum absolute atomic E-state index is 11.2. The summed E-state index contributed by atoms with van der Waals surface area (Å²) in [6.45, 7) is 3.45. The van der Waals surface area contributed by atoms with Crippen molar-refractivity contribution in [2.24, 2.45) is 0 Å². The Morgan fingerprint density at radius 1 is 1.33 bits per heavy atom. The normalized spacial score (nSPS) is 18.7. The van der Waals surface area contributed by atoms with Gasteiger partial charge in [0.2, 0.25) is 0 Å². The van der Waals surface area contributed by atoms with Crippen molar-refractivity contribution in [1.29, 1.82) is 0 Å². The maximum atomic E-state index is 11.2. The van der Waals surface area contributed by atoms with E-state index in [2.05, 4.69) is 0 Å². The van der Waals surface area contributed by atoms with Crippen molar-refractivity contribution in [3.05, 3.63) is 40.2 Å². The Bertz CT molecular complexity index is 664. The van der Waals surface area contributed by atoms with E-state index in [1.54, 1.807) is 26.0 Å². The fraction of sp³-hybridized carbons (Fsp3) is 0.357. The van der Waals surface area contributed by atoms with Gasteiger partial charge in [0.25, 0.3) is 0 Å². The summed E-state index contributed by atoms with van der Waals surface area (Å²) in [6.07, 6.45) is 0.393. The van der Waals surface area contributed by atoms with E-state index in [1.807, 2.05) is 6.07 Å². The fourth-order valence-corrected chi connectivity index (χ4v) is 2.20. The highest BCUT2D eigenvalue weighted by atomic mass is 16.5. The smallest absolute Gasteiger partial charge is 0.336 e. The predicted molar refractivity (Wildman–Crippen MR) is 66.9 cm³/mol. The lowest BCUT2D eigenvalue weighted by Crippen LogP contribution is -2.39. The molecule has 4 heteroatoms. The molecule has 0 radical (unpaired) electrons. The fourth-order valence-electron chi connectivity index (χ4n) is 2.20. The molecule has 1 aromatic carbocycles. The molecule has 1 aliphatic heterocycles. The Hall–Kier alpha value is -1.81. The van der Waals surface area contributed by atoms with Crippen LogP contribution >= 0.6 is 0 Å². The minimum atomic E-state index is -0.897. The second kappa shape index (κ2) is 3.59. The molecule has 94 valence electrons. The molecule has 18 heavy (non-hydrogen) atoms. The summed E-state index contributed by atoms with van der Waals surface area (Å²) < 4.78 is 10.8. The Kier molecular flexibility index (Phi) is 2.25. The quantitative estimate of drug-likeness (QED) is 0.780. The molecule has 1 atom stereocenters. The van der Waals surface area contributed by atoms with Gasteiger partial charge in [-0.15, -0.1) is 0 Å². The first-order valence-electron chi connectivity index (χ1n) is 5.89. The van der Waals surface area contributed by atoms with Crippen molar-refractivity contribution in [3.63, 3.8) is 0 Å². The SMILES string of the molecule is CC(C)(O)[C@@H]1Cc2cc3ccc(=O)oc3cc2O1. The highest BCUT2D eigenvalue weighted by Gasteiger charge is 2.35. The lowest BCUT2D eigenvalue weighted by atomic mass is 9.97. The van der Waals surface area contributed by atoms with E-state index in [0.29, 0.717) is 17.8 Å². The molecule has 1 aromatic heterocycles. The highest BCUT2D eigenvalue weighted by molar-refractivity contribution is 5.79. The number of benzene rings is 1. The van der Waals surface area contributed by atoms with Gasteiger partial charge in [0.05, 0.1) is 5.60 Å². The van der Waals surface area contributed by atoms with Gasteiger partial charge in [-0.05, 0) is 31.5 Å². The molecule has 0 spiro atoms. The Balaban J connectivity index is 2.09. The van der Waals surface area contributed by atoms with Crippen molar-refractivity contribution in [3.8, 4) is 5.75 Å². The molecule has 1 N–H and O–H groups in total. The zero-order chi connectivity index (χ0) is 12.9. The lowest BCUT2D eigenvalue weighted by molar-refractivity contribution is -0.0229. The number of hydrogen-bond acceptors (Lipinski definition) is 4. The van der Waals surface area contributed by atoms with Gasteiger partial charge in [0, 0.05) is 23.9 Å². The van der Waals surface area contributed by atoms with Gasteiger partial charge >= 0.3 is 5.63 Å². The molecule has 2 heterocycles. The summed E-state index contributed by atoms with van der Waals surface area (Å²) >= 11 is 0. The first-order chi connectivity index (χ1) is 8.43. The van der Waals surface area contributed by atoms with Gasteiger partial charge < -0.3 is 14.3 Å². The molecule has 0 aliphatic carbocycles. The maximum Gasteiger partial charge on any atom is 0.336 e. The average Bonchev–Trinajstić information content (AvgIpc) is 2.68. The van der Waals surface area contributed by atoms with E-state index in [-0.39, 0.29) is 11.7 Å². The molecule has 0 fully saturated rings. The van der Waals surface area contributed by atoms with Gasteiger partial charge in [-0.3, -0.25) is 0 Å². The van der Waals surface area contributed by atoms with Crippen LogP contribution in [0.15, 0.2) is 33.5 Å². The van der Waals surface area contributed by atoms with Crippen LogP contribution in [-0.2, 0) is 6.42 Å². The molecule has 0 amide bonds. The zero-order valence-corrected chi connectivity index (χ0v) is 10.3. The van der Waals surface area contributed by atoms with Crippen LogP contribution < -0.4 is 10.4 Å². The summed E-state index contributed by atoms with van der Waals surface area (Å²) in [6, 6.07) is 6.80. The van der Waals surface area contributed by atoms with Gasteiger partial charge in [0.1, 0.15) is 17.4 Å². The molecule has 4 nitrogen and oxygen atoms in total. The van der Waals surface area contributed by atoms with Gasteiger partial charge in [-0.2, -0.15) is 0 Å². The van der Waals surface area contributed by atoms with E-state index in [1.165, 1.54) is 6.07 Å². The van der Waals surface area contributed by atoms with E-state index in [4.69, 9.17) is 9.15 Å². The third-order valence-corrected chi connectivity index (χ3v) is 3.26. The van der Waals surface area contributed by atoms with Crippen LogP contribution in [0.25, 0.3) is 11.0 Å². The highest BCUT2D eigenvalue weighted by Crippen LogP contribution is 2.35. The topological polar surface area (TPSA) is 59.7 Å². The first-order valence-corrected chi connectivity index (χ1v) is 5.89. The Morgan fingerprint density at radius 3 is 2.83 bits per heavy atom. The van der Waals surface area contributed by atoms with E-state index in [9.17, 15) is 9.90 Å². The number of fused-ring (bicyclic) bond motifs is 2. The number of ether oxygens (including phenoxy) is 1. The molecule has 0 unspecified atom stereocenters. The summed E-state index contributed by atoms with van der Waals surface area (Å²) in [4.78, 5) is 11.2. The first kappa shape index (κ1) is 11.3. The van der Waals surface area contributed by atoms with Crippen molar-refractivity contribution in [1.82, 2.24) is 0 Å². The summed E-state index contributed by atoms with van der Waals surface area (Å²) in [5.41, 5.74) is 0.270. The van der Waals surface area contributed by atoms with Crippen LogP contribution in [0.1, 0.15) is 19.4 Å². The lowest BCUT2D eigenvalue weighted by Gasteiger charge is -2.24. The van der Waals surface area contributed by atoms with Gasteiger partial charge in [-0.1, -0.05) is 0 Å². The average molecular weight is 246 g/mol. The number of hydrogen-bond donors (Lipinski definition) is 1. The number of aliphatic hydroxyl groups is 1. The Morgan fingerprint density at radius 2 is 2.11 bits per heavy atom. The molecule has 0 saturated carbocycles. The Labute approximate surface area is 104 Å². The molecule has 1 aliphatic rings. The molecule has 2 aromatic rings. The van der Waals surface area contributed by atoms with Crippen LogP contribution in [0.2, 0.25) is 0 Å². The molecule has 0 bridgehead atoms. The van der Waals surface area contributed by atoms with E-state index >= 15 is 0 Å². The van der Waals surface area contributed by atoms with E-state index < -0.39 is 5.60 Å². The van der Waals surface area contributed by atoms with Crippen LogP contribution in [0.4, 0.5) is 0 Å². The largest absolute Gasteiger partial charge is 0.487 e. The van der Waals surface area contributed by atoms with Crippen molar-refractivity contribution in [2.75, 3.05) is 0 Å². The summed E-state index contributed by atoms with van der Waals surface area (Å²) in [7, 11) is 0. The standard InChI is InChI=1S/C14H14O4/c1-14(2,16)12-6-9-5-8-3-4-13(15)18-10(8)7-11(9)17-12/h3-5,7,12,16H,6H2,1-2H3/t12-/m0/s1. The van der Waals surface area contributed by atoms with Gasteiger partial charge in [-0.25, -0.2) is 4.79 Å². The minimum Gasteiger partial charge on any atom is -0.487 e. The van der Waals surface area contributed by atoms with Crippen LogP contribution in [0, 0.1) is 0 Å². The third kappa shape index (κ3) is 1.78. The summed E-state index contributed by atoms with van der Waals surface area (Å²) in [5.74, 6) is 0.684. The molecule has 3 rings (SSSR count). The van der Waals surface area contributed by atoms with Crippen molar-refractivity contribution < 1.29 is 14.3 Å². The second-order valence-corrected chi connectivity index (χ2v) is 5.22. The van der Waals surface area contributed by atoms with Crippen molar-refractivity contribution in [2.45, 2.75) is 32.0 Å². The second-order valence-electron chi connectivity index (χ2n) is 5.22. The van der Waals surface area contributed by atoms with Crippen LogP contribution in [-0.4, -0.2) is 16.8 Å². The summed E-state index contributed by atoms with van der Waals surface area (Å²) in [5, 5.41) is 10.8. The molecular formula is C14H14O4. The van der Waals surface area contributed by atoms with Crippen LogP contribution in [0.5, 0.6) is 5.75 Å².